The van der Waals surface area contributed by atoms with Gasteiger partial charge in [0.2, 0.25) is 0 Å². The molecule has 0 aliphatic carbocycles. The summed E-state index contributed by atoms with van der Waals surface area (Å²) in [5.41, 5.74) is 4.92. The van der Waals surface area contributed by atoms with E-state index in [1.807, 2.05) is 12.1 Å². The predicted octanol–water partition coefficient (Wildman–Crippen LogP) is 5.09. The monoisotopic (exact) mass is 383 g/mol. The Balaban J connectivity index is 1.34. The highest BCUT2D eigenvalue weighted by Crippen LogP contribution is 2.25. The van der Waals surface area contributed by atoms with Gasteiger partial charge in [-0.3, -0.25) is 4.90 Å². The van der Waals surface area contributed by atoms with Crippen LogP contribution in [0.3, 0.4) is 0 Å². The van der Waals surface area contributed by atoms with Crippen LogP contribution in [0.5, 0.6) is 0 Å². The van der Waals surface area contributed by atoms with Crippen molar-refractivity contribution in [2.75, 3.05) is 31.1 Å². The first-order valence-electron chi connectivity index (χ1n) is 8.92. The largest absolute Gasteiger partial charge is 0.369 e. The van der Waals surface area contributed by atoms with E-state index in [4.69, 9.17) is 16.6 Å². The molecule has 0 N–H and O–H groups in total. The number of aryl methyl sites for hydroxylation is 1. The van der Waals surface area contributed by atoms with Crippen LogP contribution in [0.4, 0.5) is 5.69 Å². The van der Waals surface area contributed by atoms with Gasteiger partial charge in [-0.2, -0.15) is 0 Å². The van der Waals surface area contributed by atoms with Crippen molar-refractivity contribution in [2.24, 2.45) is 0 Å². The number of aromatic nitrogens is 1. The van der Waals surface area contributed by atoms with Crippen molar-refractivity contribution in [2.45, 2.75) is 13.5 Å². The third-order valence-electron chi connectivity index (χ3n) is 4.80. The number of benzene rings is 2. The number of hydrogen-bond donors (Lipinski definition) is 0. The molecule has 5 heteroatoms. The lowest BCUT2D eigenvalue weighted by Gasteiger charge is -2.35. The van der Waals surface area contributed by atoms with Gasteiger partial charge in [0.25, 0.3) is 0 Å². The number of anilines is 1. The molecule has 1 aliphatic rings. The Kier molecular flexibility index (Phi) is 5.25. The van der Waals surface area contributed by atoms with E-state index >= 15 is 0 Å². The molecule has 0 atom stereocenters. The van der Waals surface area contributed by atoms with Gasteiger partial charge in [0.1, 0.15) is 5.01 Å². The molecule has 1 fully saturated rings. The van der Waals surface area contributed by atoms with E-state index < -0.39 is 0 Å². The number of hydrogen-bond acceptors (Lipinski definition) is 4. The minimum atomic E-state index is 0.792. The summed E-state index contributed by atoms with van der Waals surface area (Å²) in [6, 6.07) is 16.7. The molecule has 2 aromatic carbocycles. The van der Waals surface area contributed by atoms with Crippen molar-refractivity contribution in [3.63, 3.8) is 0 Å². The molecule has 0 unspecified atom stereocenters. The van der Waals surface area contributed by atoms with Gasteiger partial charge in [0, 0.05) is 54.4 Å². The molecule has 1 aliphatic heterocycles. The minimum absolute atomic E-state index is 0.792. The third kappa shape index (κ3) is 4.09. The molecule has 1 aromatic heterocycles. The Bertz CT molecular complexity index is 850. The van der Waals surface area contributed by atoms with Crippen LogP contribution in [0, 0.1) is 6.92 Å². The first kappa shape index (κ1) is 17.5. The van der Waals surface area contributed by atoms with Crippen molar-refractivity contribution < 1.29 is 0 Å². The van der Waals surface area contributed by atoms with Crippen LogP contribution in [-0.2, 0) is 6.54 Å². The van der Waals surface area contributed by atoms with E-state index in [0.29, 0.717) is 0 Å². The zero-order valence-electron chi connectivity index (χ0n) is 14.9. The van der Waals surface area contributed by atoms with E-state index in [9.17, 15) is 0 Å². The van der Waals surface area contributed by atoms with Crippen LogP contribution in [0.25, 0.3) is 10.6 Å². The minimum Gasteiger partial charge on any atom is -0.369 e. The number of piperazine rings is 1. The maximum atomic E-state index is 5.99. The topological polar surface area (TPSA) is 19.4 Å². The SMILES string of the molecule is Cc1ccc(-c2nc(CN3CCN(c4ccc(Cl)cc4)CC3)cs2)cc1. The van der Waals surface area contributed by atoms with Crippen molar-refractivity contribution in [1.29, 1.82) is 0 Å². The Morgan fingerprint density at radius 1 is 0.962 bits per heavy atom. The van der Waals surface area contributed by atoms with Gasteiger partial charge < -0.3 is 4.90 Å². The molecule has 0 spiro atoms. The van der Waals surface area contributed by atoms with Crippen LogP contribution >= 0.6 is 22.9 Å². The molecule has 0 amide bonds. The highest BCUT2D eigenvalue weighted by molar-refractivity contribution is 7.13. The van der Waals surface area contributed by atoms with Gasteiger partial charge in [0.05, 0.1) is 5.69 Å². The molecule has 26 heavy (non-hydrogen) atoms. The molecule has 2 heterocycles. The summed E-state index contributed by atoms with van der Waals surface area (Å²) in [6.07, 6.45) is 0. The average Bonchev–Trinajstić information content (AvgIpc) is 3.12. The van der Waals surface area contributed by atoms with Crippen molar-refractivity contribution in [3.8, 4) is 10.6 Å². The van der Waals surface area contributed by atoms with Crippen LogP contribution < -0.4 is 4.90 Å². The predicted molar refractivity (Wildman–Crippen MR) is 111 cm³/mol. The molecule has 0 saturated carbocycles. The quantitative estimate of drug-likeness (QED) is 0.625. The molecule has 0 radical (unpaired) electrons. The summed E-state index contributed by atoms with van der Waals surface area (Å²) in [6.45, 7) is 7.23. The molecule has 134 valence electrons. The molecule has 3 aromatic rings. The fraction of sp³-hybridized carbons (Fsp3) is 0.286. The highest BCUT2D eigenvalue weighted by Gasteiger charge is 2.18. The Morgan fingerprint density at radius 2 is 1.65 bits per heavy atom. The molecule has 0 bridgehead atoms. The van der Waals surface area contributed by atoms with Crippen molar-refractivity contribution in [1.82, 2.24) is 9.88 Å². The average molecular weight is 384 g/mol. The maximum absolute atomic E-state index is 5.99. The van der Waals surface area contributed by atoms with Crippen LogP contribution in [0.2, 0.25) is 5.02 Å². The second-order valence-electron chi connectivity index (χ2n) is 6.75. The normalized spacial score (nSPS) is 15.4. The summed E-state index contributed by atoms with van der Waals surface area (Å²) < 4.78 is 0. The number of rotatable bonds is 4. The molecular weight excluding hydrogens is 362 g/mol. The van der Waals surface area contributed by atoms with Gasteiger partial charge in [-0.15, -0.1) is 11.3 Å². The second kappa shape index (κ2) is 7.78. The number of thiazole rings is 1. The van der Waals surface area contributed by atoms with E-state index in [1.165, 1.54) is 22.5 Å². The summed E-state index contributed by atoms with van der Waals surface area (Å²) in [5.74, 6) is 0. The molecule has 4 rings (SSSR count). The van der Waals surface area contributed by atoms with E-state index in [-0.39, 0.29) is 0 Å². The molecule has 1 saturated heterocycles. The highest BCUT2D eigenvalue weighted by atomic mass is 35.5. The Morgan fingerprint density at radius 3 is 2.35 bits per heavy atom. The Hall–Kier alpha value is -1.88. The van der Waals surface area contributed by atoms with E-state index in [0.717, 1.165) is 42.8 Å². The van der Waals surface area contributed by atoms with Gasteiger partial charge in [-0.05, 0) is 31.2 Å². The first-order chi connectivity index (χ1) is 12.7. The summed E-state index contributed by atoms with van der Waals surface area (Å²) in [4.78, 5) is 9.75. The standard InChI is InChI=1S/C21H22ClN3S/c1-16-2-4-17(5-3-16)21-23-19(15-26-21)14-24-10-12-25(13-11-24)20-8-6-18(22)7-9-20/h2-9,15H,10-14H2,1H3. The second-order valence-corrected chi connectivity index (χ2v) is 8.04. The van der Waals surface area contributed by atoms with Gasteiger partial charge in [0.15, 0.2) is 0 Å². The molecule has 3 nitrogen and oxygen atoms in total. The zero-order chi connectivity index (χ0) is 17.9. The third-order valence-corrected chi connectivity index (χ3v) is 5.99. The smallest absolute Gasteiger partial charge is 0.123 e. The maximum Gasteiger partial charge on any atom is 0.123 e. The molecular formula is C21H22ClN3S. The van der Waals surface area contributed by atoms with Crippen molar-refractivity contribution in [3.05, 3.63) is 70.2 Å². The summed E-state index contributed by atoms with van der Waals surface area (Å²) in [7, 11) is 0. The summed E-state index contributed by atoms with van der Waals surface area (Å²) in [5, 5.41) is 4.10. The van der Waals surface area contributed by atoms with Crippen LogP contribution in [0.1, 0.15) is 11.3 Å². The van der Waals surface area contributed by atoms with Gasteiger partial charge in [-0.1, -0.05) is 41.4 Å². The first-order valence-corrected chi connectivity index (χ1v) is 10.2. The lowest BCUT2D eigenvalue weighted by Crippen LogP contribution is -2.46. The number of nitrogens with zero attached hydrogens (tertiary/aromatic N) is 3. The van der Waals surface area contributed by atoms with Gasteiger partial charge in [-0.25, -0.2) is 4.98 Å². The van der Waals surface area contributed by atoms with Crippen molar-refractivity contribution >= 4 is 28.6 Å². The lowest BCUT2D eigenvalue weighted by molar-refractivity contribution is 0.247. The van der Waals surface area contributed by atoms with E-state index in [2.05, 4.69) is 58.5 Å². The van der Waals surface area contributed by atoms with Gasteiger partial charge >= 0.3 is 0 Å². The number of halogens is 1. The Labute approximate surface area is 163 Å². The van der Waals surface area contributed by atoms with Crippen LogP contribution in [0.15, 0.2) is 53.9 Å². The van der Waals surface area contributed by atoms with E-state index in [1.54, 1.807) is 11.3 Å². The lowest BCUT2D eigenvalue weighted by atomic mass is 10.2. The zero-order valence-corrected chi connectivity index (χ0v) is 16.4. The fourth-order valence-corrected chi connectivity index (χ4v) is 4.20. The summed E-state index contributed by atoms with van der Waals surface area (Å²) >= 11 is 7.72. The fourth-order valence-electron chi connectivity index (χ4n) is 3.25. The van der Waals surface area contributed by atoms with Crippen LogP contribution in [-0.4, -0.2) is 36.1 Å².